The normalized spacial score (nSPS) is 10.5. The van der Waals surface area contributed by atoms with Crippen LogP contribution >= 0.6 is 11.8 Å². The zero-order chi connectivity index (χ0) is 16.1. The molecule has 0 spiro atoms. The summed E-state index contributed by atoms with van der Waals surface area (Å²) in [6.45, 7) is 0. The number of thioether (sulfide) groups is 1. The number of amides is 1. The van der Waals surface area contributed by atoms with Crippen LogP contribution in [0.25, 0.3) is 11.5 Å². The molecular weight excluding hydrogens is 320 g/mol. The number of aromatic nitrogens is 3. The molecule has 0 bridgehead atoms. The van der Waals surface area contributed by atoms with Gasteiger partial charge in [-0.15, -0.1) is 10.2 Å². The first-order valence-corrected chi connectivity index (χ1v) is 7.54. The topological polar surface area (TPSA) is 103 Å². The van der Waals surface area contributed by atoms with Crippen molar-refractivity contribution in [2.45, 2.75) is 5.22 Å². The molecule has 0 saturated carbocycles. The smallest absolute Gasteiger partial charge is 0.277 e. The molecule has 1 aromatic carbocycles. The van der Waals surface area contributed by atoms with E-state index < -0.39 is 0 Å². The third-order valence-electron chi connectivity index (χ3n) is 2.78. The van der Waals surface area contributed by atoms with Crippen molar-refractivity contribution < 1.29 is 18.5 Å². The maximum atomic E-state index is 11.7. The summed E-state index contributed by atoms with van der Waals surface area (Å²) in [7, 11) is 1.60. The Balaban J connectivity index is 1.57. The molecule has 0 unspecified atom stereocenters. The fourth-order valence-corrected chi connectivity index (χ4v) is 2.26. The van der Waals surface area contributed by atoms with Gasteiger partial charge in [-0.1, -0.05) is 16.9 Å². The highest BCUT2D eigenvalue weighted by Gasteiger charge is 2.12. The highest BCUT2D eigenvalue weighted by Crippen LogP contribution is 2.24. The lowest BCUT2D eigenvalue weighted by Crippen LogP contribution is -2.14. The van der Waals surface area contributed by atoms with Crippen LogP contribution in [0, 0.1) is 0 Å². The number of ether oxygens (including phenoxy) is 1. The van der Waals surface area contributed by atoms with Crippen LogP contribution < -0.4 is 10.1 Å². The summed E-state index contributed by atoms with van der Waals surface area (Å²) in [6, 6.07) is 8.79. The molecule has 2 heterocycles. The Morgan fingerprint density at radius 2 is 2.09 bits per heavy atom. The zero-order valence-electron chi connectivity index (χ0n) is 12.1. The molecule has 3 rings (SSSR count). The van der Waals surface area contributed by atoms with Crippen molar-refractivity contribution in [2.24, 2.45) is 0 Å². The second-order valence-electron chi connectivity index (χ2n) is 4.32. The lowest BCUT2D eigenvalue weighted by molar-refractivity contribution is -0.113. The second kappa shape index (κ2) is 6.97. The fourth-order valence-electron chi connectivity index (χ4n) is 1.70. The van der Waals surface area contributed by atoms with E-state index in [4.69, 9.17) is 9.15 Å². The Kier molecular flexibility index (Phi) is 4.57. The average molecular weight is 332 g/mol. The van der Waals surface area contributed by atoms with E-state index >= 15 is 0 Å². The van der Waals surface area contributed by atoms with Gasteiger partial charge in [0.15, 0.2) is 5.82 Å². The first-order valence-electron chi connectivity index (χ1n) is 6.55. The van der Waals surface area contributed by atoms with Crippen molar-refractivity contribution in [2.75, 3.05) is 18.2 Å². The van der Waals surface area contributed by atoms with Crippen molar-refractivity contribution >= 4 is 23.5 Å². The Morgan fingerprint density at radius 1 is 1.26 bits per heavy atom. The van der Waals surface area contributed by atoms with Crippen LogP contribution in [0.15, 0.2) is 50.8 Å². The maximum absolute atomic E-state index is 11.7. The molecule has 1 N–H and O–H groups in total. The third kappa shape index (κ3) is 3.89. The van der Waals surface area contributed by atoms with Gasteiger partial charge in [-0.3, -0.25) is 4.79 Å². The summed E-state index contributed by atoms with van der Waals surface area (Å²) in [5.41, 5.74) is 0.775. The number of nitrogens with zero attached hydrogens (tertiary/aromatic N) is 3. The molecular formula is C14H12N4O4S. The van der Waals surface area contributed by atoms with E-state index in [-0.39, 0.29) is 11.7 Å². The molecule has 9 heteroatoms. The van der Waals surface area contributed by atoms with E-state index in [2.05, 4.69) is 25.2 Å². The molecule has 0 aliphatic carbocycles. The number of hydrogen-bond acceptors (Lipinski definition) is 8. The molecule has 0 radical (unpaired) electrons. The summed E-state index contributed by atoms with van der Waals surface area (Å²) < 4.78 is 15.2. The monoisotopic (exact) mass is 332 g/mol. The molecule has 3 aromatic rings. The SMILES string of the molecule is COc1ccc(-c2nnc(SCC(=O)Nc3ccon3)o2)cc1. The zero-order valence-corrected chi connectivity index (χ0v) is 12.9. The molecule has 23 heavy (non-hydrogen) atoms. The lowest BCUT2D eigenvalue weighted by Gasteiger charge is -1.99. The number of carbonyl (C=O) groups is 1. The summed E-state index contributed by atoms with van der Waals surface area (Å²) in [6.07, 6.45) is 1.38. The number of benzene rings is 1. The van der Waals surface area contributed by atoms with E-state index in [9.17, 15) is 4.79 Å². The minimum atomic E-state index is -0.243. The van der Waals surface area contributed by atoms with Crippen molar-refractivity contribution in [3.8, 4) is 17.2 Å². The van der Waals surface area contributed by atoms with E-state index in [0.29, 0.717) is 16.9 Å². The number of carbonyl (C=O) groups excluding carboxylic acids is 1. The van der Waals surface area contributed by atoms with E-state index in [1.807, 2.05) is 12.1 Å². The minimum absolute atomic E-state index is 0.122. The number of hydrogen-bond donors (Lipinski definition) is 1. The summed E-state index contributed by atoms with van der Waals surface area (Å²) in [4.78, 5) is 11.7. The van der Waals surface area contributed by atoms with Gasteiger partial charge in [-0.25, -0.2) is 0 Å². The van der Waals surface area contributed by atoms with Crippen LogP contribution in [0.2, 0.25) is 0 Å². The van der Waals surface area contributed by atoms with Gasteiger partial charge in [0.2, 0.25) is 11.8 Å². The molecule has 0 aliphatic heterocycles. The second-order valence-corrected chi connectivity index (χ2v) is 5.25. The molecule has 0 aliphatic rings. The predicted molar refractivity (Wildman–Crippen MR) is 82.1 cm³/mol. The van der Waals surface area contributed by atoms with Crippen LogP contribution in [-0.2, 0) is 4.79 Å². The van der Waals surface area contributed by atoms with E-state index in [1.54, 1.807) is 25.3 Å². The highest BCUT2D eigenvalue weighted by atomic mass is 32.2. The van der Waals surface area contributed by atoms with Gasteiger partial charge in [-0.2, -0.15) is 0 Å². The Labute approximate surface area is 135 Å². The quantitative estimate of drug-likeness (QED) is 0.687. The first kappa shape index (κ1) is 15.1. The fraction of sp³-hybridized carbons (Fsp3) is 0.143. The standard InChI is InChI=1S/C14H12N4O4S/c1-20-10-4-2-9(3-5-10)13-16-17-14(22-13)23-8-12(19)15-11-6-7-21-18-11/h2-7H,8H2,1H3,(H,15,18,19). The molecule has 0 saturated heterocycles. The van der Waals surface area contributed by atoms with Gasteiger partial charge < -0.3 is 19.0 Å². The van der Waals surface area contributed by atoms with Gasteiger partial charge in [0.25, 0.3) is 5.22 Å². The summed E-state index contributed by atoms with van der Waals surface area (Å²) in [5.74, 6) is 1.37. The molecule has 8 nitrogen and oxygen atoms in total. The van der Waals surface area contributed by atoms with Crippen LogP contribution in [0.4, 0.5) is 5.82 Å². The van der Waals surface area contributed by atoms with Gasteiger partial charge in [0, 0.05) is 11.6 Å². The summed E-state index contributed by atoms with van der Waals surface area (Å²) in [5, 5.41) is 14.3. The first-order chi connectivity index (χ1) is 11.2. The molecule has 2 aromatic heterocycles. The van der Waals surface area contributed by atoms with Crippen LogP contribution in [-0.4, -0.2) is 34.1 Å². The number of methoxy groups -OCH3 is 1. The molecule has 0 fully saturated rings. The number of rotatable bonds is 6. The van der Waals surface area contributed by atoms with Crippen LogP contribution in [0.3, 0.4) is 0 Å². The van der Waals surface area contributed by atoms with Crippen molar-refractivity contribution in [1.82, 2.24) is 15.4 Å². The largest absolute Gasteiger partial charge is 0.497 e. The third-order valence-corrected chi connectivity index (χ3v) is 3.59. The van der Waals surface area contributed by atoms with E-state index in [0.717, 1.165) is 23.1 Å². The number of nitrogens with one attached hydrogen (secondary N) is 1. The Hall–Kier alpha value is -2.81. The van der Waals surface area contributed by atoms with Gasteiger partial charge in [0.1, 0.15) is 12.0 Å². The van der Waals surface area contributed by atoms with Crippen molar-refractivity contribution in [3.63, 3.8) is 0 Å². The molecule has 1 amide bonds. The van der Waals surface area contributed by atoms with Crippen LogP contribution in [0.5, 0.6) is 5.75 Å². The predicted octanol–water partition coefficient (Wildman–Crippen LogP) is 2.46. The maximum Gasteiger partial charge on any atom is 0.277 e. The van der Waals surface area contributed by atoms with Gasteiger partial charge in [0.05, 0.1) is 12.9 Å². The summed E-state index contributed by atoms with van der Waals surface area (Å²) >= 11 is 1.14. The number of anilines is 1. The average Bonchev–Trinajstić information content (AvgIpc) is 3.25. The van der Waals surface area contributed by atoms with Gasteiger partial charge in [-0.05, 0) is 24.3 Å². The van der Waals surface area contributed by atoms with Crippen molar-refractivity contribution in [3.05, 3.63) is 36.6 Å². The Morgan fingerprint density at radius 3 is 2.78 bits per heavy atom. The minimum Gasteiger partial charge on any atom is -0.497 e. The van der Waals surface area contributed by atoms with E-state index in [1.165, 1.54) is 6.26 Å². The lowest BCUT2D eigenvalue weighted by atomic mass is 10.2. The Bertz CT molecular complexity index is 770. The molecule has 118 valence electrons. The van der Waals surface area contributed by atoms with Gasteiger partial charge >= 0.3 is 0 Å². The van der Waals surface area contributed by atoms with Crippen molar-refractivity contribution in [1.29, 1.82) is 0 Å². The van der Waals surface area contributed by atoms with Crippen LogP contribution in [0.1, 0.15) is 0 Å². The molecule has 0 atom stereocenters. The highest BCUT2D eigenvalue weighted by molar-refractivity contribution is 7.99.